The number of cyclic esters (lactones) is 2. The van der Waals surface area contributed by atoms with Gasteiger partial charge >= 0.3 is 11.9 Å². The highest BCUT2D eigenvalue weighted by atomic mass is 35.5. The maximum atomic E-state index is 15.2. The normalized spacial score (nSPS) is 28.3. The number of rotatable bonds is 8. The number of amides is 10. The van der Waals surface area contributed by atoms with E-state index in [9.17, 15) is 63.0 Å². The molecule has 0 saturated carbocycles. The van der Waals surface area contributed by atoms with E-state index in [2.05, 4.69) is 21.3 Å². The number of aromatic nitrogens is 1. The quantitative estimate of drug-likeness (QED) is 0.0593. The van der Waals surface area contributed by atoms with Crippen LogP contribution in [0.1, 0.15) is 107 Å². The van der Waals surface area contributed by atoms with Crippen LogP contribution in [0.2, 0.25) is 0 Å². The SMILES string of the molecule is Cc1c2oc3c(C)ccc(C(=O)N[C@@H]4C(=O)N[C@H](C(C)C)C(=O)N5[C@H](C(=O)N(C)CC(=O)N(C)[C@@H](C(C)C)C(=O)O[C@@H]4C)[C@@H](O)C[C@@H]5C)c3nc-2c(C(=O)N[C@@H]2C(=O)N[C@H](C(C)C)C(=O)N3CC(O)C[C@H]3C(=O)N(C)CC(=O)N(C)[C@@H](C)C(=O)O[C@@H]2CCl)c(N)c1=O. The smallest absolute Gasteiger partial charge is 0.329 e. The Hall–Kier alpha value is -8.51. The fraction of sp³-hybridized carbons (Fsp3) is 0.607. The van der Waals surface area contributed by atoms with Gasteiger partial charge in [-0.2, -0.15) is 0 Å². The molecular weight excluding hydrogens is 1220 g/mol. The van der Waals surface area contributed by atoms with Crippen molar-refractivity contribution in [2.45, 2.75) is 168 Å². The van der Waals surface area contributed by atoms with Crippen molar-refractivity contribution in [3.8, 4) is 11.5 Å². The Bertz CT molecular complexity index is 3510. The number of hydrogen-bond acceptors (Lipinski definition) is 20. The fourth-order valence-corrected chi connectivity index (χ4v) is 12.3. The van der Waals surface area contributed by atoms with Crippen LogP contribution in [-0.2, 0) is 57.4 Å². The molecule has 0 radical (unpaired) electrons. The zero-order valence-electron chi connectivity index (χ0n) is 54.1. The monoisotopic (exact) mass is 1310 g/mol. The second kappa shape index (κ2) is 28.2. The van der Waals surface area contributed by atoms with E-state index >= 15 is 9.59 Å². The number of nitrogen functional groups attached to an aromatic ring is 1. The number of aliphatic hydroxyl groups excluding tert-OH is 2. The molecule has 30 nitrogen and oxygen atoms in total. The number of nitrogens with zero attached hydrogens (tertiary/aromatic N) is 7. The first-order valence-corrected chi connectivity index (χ1v) is 30.8. The average molecular weight is 1310 g/mol. The third kappa shape index (κ3) is 14.0. The van der Waals surface area contributed by atoms with Crippen LogP contribution in [0.3, 0.4) is 0 Å². The van der Waals surface area contributed by atoms with E-state index in [1.54, 1.807) is 55.4 Å². The lowest BCUT2D eigenvalue weighted by atomic mass is 9.98. The van der Waals surface area contributed by atoms with E-state index < -0.39 is 209 Å². The van der Waals surface area contributed by atoms with E-state index in [1.165, 1.54) is 66.0 Å². The summed E-state index contributed by atoms with van der Waals surface area (Å²) in [6.07, 6.45) is -6.18. The van der Waals surface area contributed by atoms with E-state index in [4.69, 9.17) is 36.2 Å². The van der Waals surface area contributed by atoms with Crippen LogP contribution < -0.4 is 32.4 Å². The molecule has 6 aliphatic rings. The standard InChI is InChI=1S/C61H83ClN12O18/c1-24(2)41-57(85)73-21-32(75)19-34(73)56(84)69(12)22-37(77)71(14)30(10)60(88)91-36(20-62)45(55(83)65-41)68-53(81)39-40(63)49(79)29(9)51-46(39)64-44-33(17-16-27(7)50(44)92-51)52(80)67-43-31(11)90-61(89)47(26(5)6)72(15)38(78)23-70(13)59(87)48-35(76)18-28(8)74(48)58(86)42(25(3)4)66-54(43)82/h16-17,24-26,28,30-32,34-36,41-43,45,47-48,75-76H,18-23,63H2,1-15H3,(H,65,83)(H,66,82)(H,67,80)(H,68,81)/t28-,30-,31+,32?,34-,35-,36+,41+,42+,43-,45-,47-,48-/m0/s1. The summed E-state index contributed by atoms with van der Waals surface area (Å²) in [7, 11) is 5.20. The van der Waals surface area contributed by atoms with E-state index in [0.29, 0.717) is 5.56 Å². The molecule has 502 valence electrons. The average Bonchev–Trinajstić information content (AvgIpc) is 0.932. The number of aliphatic hydroxyl groups is 2. The lowest BCUT2D eigenvalue weighted by Crippen LogP contribution is -2.62. The molecule has 4 saturated heterocycles. The van der Waals surface area contributed by atoms with Crippen molar-refractivity contribution in [1.29, 1.82) is 0 Å². The van der Waals surface area contributed by atoms with E-state index in [1.807, 2.05) is 0 Å². The van der Waals surface area contributed by atoms with Gasteiger partial charge in [-0.15, -0.1) is 11.6 Å². The van der Waals surface area contributed by atoms with Crippen LogP contribution in [0.15, 0.2) is 21.3 Å². The number of benzene rings is 2. The van der Waals surface area contributed by atoms with Gasteiger partial charge in [0.2, 0.25) is 52.7 Å². The molecule has 13 atom stereocenters. The van der Waals surface area contributed by atoms with E-state index in [-0.39, 0.29) is 47.4 Å². The highest BCUT2D eigenvalue weighted by molar-refractivity contribution is 6.19. The summed E-state index contributed by atoms with van der Waals surface area (Å²) < 4.78 is 18.1. The second-order valence-electron chi connectivity index (χ2n) is 25.4. The molecule has 7 rings (SSSR count). The number of likely N-dealkylation sites (N-methyl/N-ethyl adjacent to an activating group) is 4. The zero-order chi connectivity index (χ0) is 68.7. The largest absolute Gasteiger partial charge is 0.458 e. The Kier molecular flexibility index (Phi) is 21.7. The van der Waals surface area contributed by atoms with Crippen LogP contribution in [-0.4, -0.2) is 248 Å². The predicted octanol–water partition coefficient (Wildman–Crippen LogP) is -1.36. The number of halogens is 1. The van der Waals surface area contributed by atoms with Crippen molar-refractivity contribution in [1.82, 2.24) is 55.7 Å². The number of nitrogens with one attached hydrogen (secondary N) is 4. The molecule has 4 fully saturated rings. The first-order chi connectivity index (χ1) is 42.9. The molecule has 1 unspecified atom stereocenters. The number of nitrogens with two attached hydrogens (primary N) is 1. The van der Waals surface area contributed by atoms with Gasteiger partial charge in [0.15, 0.2) is 11.3 Å². The Morgan fingerprint density at radius 3 is 1.88 bits per heavy atom. The molecule has 5 aliphatic heterocycles. The first-order valence-electron chi connectivity index (χ1n) is 30.3. The van der Waals surface area contributed by atoms with Gasteiger partial charge in [-0.25, -0.2) is 14.6 Å². The second-order valence-corrected chi connectivity index (χ2v) is 25.7. The Morgan fingerprint density at radius 1 is 0.728 bits per heavy atom. The maximum absolute atomic E-state index is 15.2. The molecule has 10 amide bonds. The molecule has 92 heavy (non-hydrogen) atoms. The molecule has 1 aromatic rings. The number of esters is 2. The van der Waals surface area contributed by atoms with Crippen LogP contribution in [0.5, 0.6) is 0 Å². The van der Waals surface area contributed by atoms with Crippen LogP contribution in [0.25, 0.3) is 22.6 Å². The van der Waals surface area contributed by atoms with Gasteiger partial charge in [-0.3, -0.25) is 52.7 Å². The number of aryl methyl sites for hydroxylation is 1. The number of carbonyl (C=O) groups excluding carboxylic acids is 12. The van der Waals surface area contributed by atoms with Gasteiger partial charge in [-0.1, -0.05) is 47.6 Å². The summed E-state index contributed by atoms with van der Waals surface area (Å²) in [5, 5.41) is 32.4. The molecule has 0 bridgehead atoms. The maximum Gasteiger partial charge on any atom is 0.329 e. The van der Waals surface area contributed by atoms with Crippen LogP contribution >= 0.6 is 11.6 Å². The number of hydrogen-bond donors (Lipinski definition) is 7. The van der Waals surface area contributed by atoms with Crippen molar-refractivity contribution in [2.75, 3.05) is 59.4 Å². The molecule has 1 aliphatic carbocycles. The number of alkyl halides is 1. The lowest BCUT2D eigenvalue weighted by Gasteiger charge is -2.37. The highest BCUT2D eigenvalue weighted by Gasteiger charge is 2.51. The number of carbonyl (C=O) groups is 12. The minimum atomic E-state index is -2.06. The third-order valence-electron chi connectivity index (χ3n) is 17.6. The lowest BCUT2D eigenvalue weighted by molar-refractivity contribution is -0.163. The number of ether oxygens (including phenoxy) is 2. The summed E-state index contributed by atoms with van der Waals surface area (Å²) >= 11 is 6.48. The minimum Gasteiger partial charge on any atom is -0.458 e. The van der Waals surface area contributed by atoms with Crippen molar-refractivity contribution in [3.63, 3.8) is 0 Å². The summed E-state index contributed by atoms with van der Waals surface area (Å²) in [6.45, 7) is 15.2. The Balaban J connectivity index is 1.33. The van der Waals surface area contributed by atoms with Crippen molar-refractivity contribution < 1.29 is 81.6 Å². The number of fused-ring (bicyclic) bond motifs is 4. The van der Waals surface area contributed by atoms with Crippen molar-refractivity contribution in [3.05, 3.63) is 44.6 Å². The summed E-state index contributed by atoms with van der Waals surface area (Å²) in [6, 6.07) is -10.3. The fourth-order valence-electron chi connectivity index (χ4n) is 12.0. The minimum absolute atomic E-state index is 0.0305. The molecule has 1 aromatic carbocycles. The number of anilines is 1. The third-order valence-corrected chi connectivity index (χ3v) is 17.9. The van der Waals surface area contributed by atoms with Crippen molar-refractivity contribution >= 4 is 99.4 Å². The van der Waals surface area contributed by atoms with Gasteiger partial charge in [0.05, 0.1) is 48.0 Å². The molecule has 8 N–H and O–H groups in total. The van der Waals surface area contributed by atoms with Gasteiger partial charge in [0.1, 0.15) is 71.8 Å². The first kappa shape index (κ1) is 70.9. The van der Waals surface area contributed by atoms with Gasteiger partial charge < -0.3 is 80.5 Å². The predicted molar refractivity (Wildman–Crippen MR) is 329 cm³/mol. The molecular formula is C61H83ClN12O18. The van der Waals surface area contributed by atoms with Gasteiger partial charge in [0, 0.05) is 52.8 Å². The van der Waals surface area contributed by atoms with Gasteiger partial charge in [-0.05, 0) is 70.4 Å². The molecule has 5 heterocycles. The topological polar surface area (TPSA) is 400 Å². The summed E-state index contributed by atoms with van der Waals surface area (Å²) in [5.74, 6) is -14.5. The van der Waals surface area contributed by atoms with Crippen LogP contribution in [0, 0.1) is 31.6 Å². The Morgan fingerprint density at radius 2 is 1.29 bits per heavy atom. The summed E-state index contributed by atoms with van der Waals surface area (Å²) in [4.78, 5) is 198. The zero-order valence-corrected chi connectivity index (χ0v) is 54.9. The van der Waals surface area contributed by atoms with Gasteiger partial charge in [0.25, 0.3) is 11.8 Å². The molecule has 0 spiro atoms. The molecule has 31 heteroatoms. The highest BCUT2D eigenvalue weighted by Crippen LogP contribution is 2.36. The summed E-state index contributed by atoms with van der Waals surface area (Å²) in [5.41, 5.74) is 2.97. The van der Waals surface area contributed by atoms with E-state index in [0.717, 1.165) is 24.5 Å². The van der Waals surface area contributed by atoms with Crippen LogP contribution in [0.4, 0.5) is 5.69 Å². The Labute approximate surface area is 535 Å². The van der Waals surface area contributed by atoms with Crippen molar-refractivity contribution in [2.24, 2.45) is 17.8 Å². The molecule has 0 aromatic heterocycles.